The zero-order valence-corrected chi connectivity index (χ0v) is 14.1. The molecule has 1 aliphatic rings. The highest BCUT2D eigenvalue weighted by molar-refractivity contribution is 6.32. The Morgan fingerprint density at radius 3 is 2.72 bits per heavy atom. The third-order valence-electron chi connectivity index (χ3n) is 3.92. The summed E-state index contributed by atoms with van der Waals surface area (Å²) in [5.41, 5.74) is -0.871. The summed E-state index contributed by atoms with van der Waals surface area (Å²) >= 11 is 5.77. The molecule has 0 aromatic heterocycles. The van der Waals surface area contributed by atoms with Gasteiger partial charge in [-0.05, 0) is 25.0 Å². The summed E-state index contributed by atoms with van der Waals surface area (Å²) in [5, 5.41) is 2.00. The minimum atomic E-state index is -4.59. The van der Waals surface area contributed by atoms with Crippen LogP contribution in [-0.2, 0) is 22.3 Å². The van der Waals surface area contributed by atoms with E-state index < -0.39 is 34.9 Å². The average molecular weight is 381 g/mol. The Labute approximate surface area is 147 Å². The predicted octanol–water partition coefficient (Wildman–Crippen LogP) is 3.32. The molecule has 1 aromatic rings. The minimum Gasteiger partial charge on any atom is -0.350 e. The molecule has 0 radical (unpaired) electrons. The van der Waals surface area contributed by atoms with Gasteiger partial charge in [-0.1, -0.05) is 23.7 Å². The van der Waals surface area contributed by atoms with E-state index in [0.29, 0.717) is 0 Å². The summed E-state index contributed by atoms with van der Waals surface area (Å²) in [6.07, 6.45) is -5.50. The van der Waals surface area contributed by atoms with E-state index in [-0.39, 0.29) is 37.4 Å². The highest BCUT2D eigenvalue weighted by Crippen LogP contribution is 2.36. The van der Waals surface area contributed by atoms with Gasteiger partial charge in [-0.25, -0.2) is 4.39 Å². The summed E-state index contributed by atoms with van der Waals surface area (Å²) in [5.74, 6) is -0.860. The Hall–Kier alpha value is -1.83. The van der Waals surface area contributed by atoms with Gasteiger partial charge in [0.15, 0.2) is 0 Å². The van der Waals surface area contributed by atoms with E-state index in [1.807, 2.05) is 0 Å². The Bertz CT molecular complexity index is 664. The Balaban J connectivity index is 2.06. The summed E-state index contributed by atoms with van der Waals surface area (Å²) in [4.78, 5) is 25.2. The first-order chi connectivity index (χ1) is 11.6. The summed E-state index contributed by atoms with van der Waals surface area (Å²) in [6.45, 7) is 0.871. The molecule has 1 fully saturated rings. The number of nitrogens with zero attached hydrogens (tertiary/aromatic N) is 1. The Morgan fingerprint density at radius 1 is 1.44 bits per heavy atom. The molecule has 138 valence electrons. The molecule has 25 heavy (non-hydrogen) atoms. The maximum absolute atomic E-state index is 13.2. The molecule has 1 N–H and O–H groups in total. The van der Waals surface area contributed by atoms with Crippen LogP contribution in [0.5, 0.6) is 0 Å². The third kappa shape index (κ3) is 4.62. The standard InChI is InChI=1S/C16H17ClF4N2O2/c1-9(18)8-23-12(5-6-13(23)24)15(25)22-7-10-3-2-4-11(14(10)17)16(19,20)21/h2-4,9,12H,5-8H2,1H3,(H,22,25). The van der Waals surface area contributed by atoms with Gasteiger partial charge in [0.05, 0.1) is 17.1 Å². The number of hydrogen-bond acceptors (Lipinski definition) is 2. The van der Waals surface area contributed by atoms with Gasteiger partial charge >= 0.3 is 6.18 Å². The number of nitrogens with one attached hydrogen (secondary N) is 1. The molecule has 9 heteroatoms. The fourth-order valence-corrected chi connectivity index (χ4v) is 3.04. The monoisotopic (exact) mass is 380 g/mol. The second kappa shape index (κ2) is 7.59. The van der Waals surface area contributed by atoms with Crippen molar-refractivity contribution in [3.05, 3.63) is 34.3 Å². The summed E-state index contributed by atoms with van der Waals surface area (Å²) in [6, 6.07) is 2.61. The maximum Gasteiger partial charge on any atom is 0.417 e. The van der Waals surface area contributed by atoms with Crippen molar-refractivity contribution in [2.24, 2.45) is 0 Å². The fourth-order valence-electron chi connectivity index (χ4n) is 2.74. The minimum absolute atomic E-state index is 0.111. The van der Waals surface area contributed by atoms with Gasteiger partial charge in [-0.15, -0.1) is 0 Å². The van der Waals surface area contributed by atoms with E-state index in [2.05, 4.69) is 5.32 Å². The largest absolute Gasteiger partial charge is 0.417 e. The molecule has 0 spiro atoms. The van der Waals surface area contributed by atoms with Crippen LogP contribution in [-0.4, -0.2) is 35.5 Å². The van der Waals surface area contributed by atoms with Crippen LogP contribution in [0.4, 0.5) is 17.6 Å². The number of halogens is 5. The van der Waals surface area contributed by atoms with Crippen molar-refractivity contribution < 1.29 is 27.2 Å². The molecule has 1 aromatic carbocycles. The van der Waals surface area contributed by atoms with Gasteiger partial charge in [-0.3, -0.25) is 9.59 Å². The Kier molecular flexibility index (Phi) is 5.92. The molecule has 2 atom stereocenters. The summed E-state index contributed by atoms with van der Waals surface area (Å²) in [7, 11) is 0. The number of hydrogen-bond donors (Lipinski definition) is 1. The van der Waals surface area contributed by atoms with Gasteiger partial charge in [0.1, 0.15) is 12.2 Å². The summed E-state index contributed by atoms with van der Waals surface area (Å²) < 4.78 is 51.7. The van der Waals surface area contributed by atoms with Crippen LogP contribution in [0.1, 0.15) is 30.9 Å². The number of carbonyl (C=O) groups is 2. The smallest absolute Gasteiger partial charge is 0.350 e. The van der Waals surface area contributed by atoms with Crippen molar-refractivity contribution in [3.8, 4) is 0 Å². The molecule has 0 saturated carbocycles. The lowest BCUT2D eigenvalue weighted by atomic mass is 10.1. The van der Waals surface area contributed by atoms with Crippen molar-refractivity contribution in [3.63, 3.8) is 0 Å². The molecular weight excluding hydrogens is 364 g/mol. The van der Waals surface area contributed by atoms with E-state index >= 15 is 0 Å². The lowest BCUT2D eigenvalue weighted by Crippen LogP contribution is -2.46. The van der Waals surface area contributed by atoms with Crippen LogP contribution in [0.3, 0.4) is 0 Å². The van der Waals surface area contributed by atoms with Crippen LogP contribution in [0.25, 0.3) is 0 Å². The quantitative estimate of drug-likeness (QED) is 0.797. The number of alkyl halides is 4. The lowest BCUT2D eigenvalue weighted by molar-refractivity contribution is -0.137. The van der Waals surface area contributed by atoms with Crippen LogP contribution < -0.4 is 5.32 Å². The van der Waals surface area contributed by atoms with Crippen molar-refractivity contribution in [2.45, 2.75) is 44.7 Å². The van der Waals surface area contributed by atoms with Gasteiger partial charge in [0, 0.05) is 13.0 Å². The van der Waals surface area contributed by atoms with Crippen LogP contribution >= 0.6 is 11.6 Å². The van der Waals surface area contributed by atoms with E-state index in [0.717, 1.165) is 11.0 Å². The number of amides is 2. The number of likely N-dealkylation sites (tertiary alicyclic amines) is 1. The van der Waals surface area contributed by atoms with Gasteiger partial charge < -0.3 is 10.2 Å². The Morgan fingerprint density at radius 2 is 2.12 bits per heavy atom. The van der Waals surface area contributed by atoms with E-state index in [1.54, 1.807) is 0 Å². The van der Waals surface area contributed by atoms with Gasteiger partial charge in [0.25, 0.3) is 0 Å². The number of carbonyl (C=O) groups excluding carboxylic acids is 2. The van der Waals surface area contributed by atoms with E-state index in [1.165, 1.54) is 19.1 Å². The molecule has 0 bridgehead atoms. The molecule has 2 rings (SSSR count). The normalized spacial score (nSPS) is 19.2. The second-order valence-corrected chi connectivity index (χ2v) is 6.25. The molecule has 2 unspecified atom stereocenters. The highest BCUT2D eigenvalue weighted by atomic mass is 35.5. The topological polar surface area (TPSA) is 49.4 Å². The van der Waals surface area contributed by atoms with Crippen LogP contribution in [0, 0.1) is 0 Å². The lowest BCUT2D eigenvalue weighted by Gasteiger charge is -2.24. The fraction of sp³-hybridized carbons (Fsp3) is 0.500. The molecule has 2 amide bonds. The SMILES string of the molecule is CC(F)CN1C(=O)CCC1C(=O)NCc1cccc(C(F)(F)F)c1Cl. The molecule has 1 saturated heterocycles. The molecule has 1 heterocycles. The van der Waals surface area contributed by atoms with Crippen molar-refractivity contribution >= 4 is 23.4 Å². The van der Waals surface area contributed by atoms with Crippen molar-refractivity contribution in [2.75, 3.05) is 6.54 Å². The number of rotatable bonds is 5. The van der Waals surface area contributed by atoms with Crippen molar-refractivity contribution in [1.29, 1.82) is 0 Å². The third-order valence-corrected chi connectivity index (χ3v) is 4.36. The zero-order chi connectivity index (χ0) is 18.8. The van der Waals surface area contributed by atoms with Gasteiger partial charge in [0.2, 0.25) is 11.8 Å². The number of benzene rings is 1. The predicted molar refractivity (Wildman–Crippen MR) is 83.6 cm³/mol. The van der Waals surface area contributed by atoms with E-state index in [9.17, 15) is 27.2 Å². The molecular formula is C16H17ClF4N2O2. The van der Waals surface area contributed by atoms with Crippen LogP contribution in [0.2, 0.25) is 5.02 Å². The van der Waals surface area contributed by atoms with Gasteiger partial charge in [-0.2, -0.15) is 13.2 Å². The first-order valence-corrected chi connectivity index (χ1v) is 8.05. The van der Waals surface area contributed by atoms with E-state index in [4.69, 9.17) is 11.6 Å². The molecule has 1 aliphatic heterocycles. The first kappa shape index (κ1) is 19.5. The average Bonchev–Trinajstić information content (AvgIpc) is 2.85. The highest BCUT2D eigenvalue weighted by Gasteiger charge is 2.37. The molecule has 0 aliphatic carbocycles. The molecule has 4 nitrogen and oxygen atoms in total. The zero-order valence-electron chi connectivity index (χ0n) is 13.4. The van der Waals surface area contributed by atoms with Crippen LogP contribution in [0.15, 0.2) is 18.2 Å². The maximum atomic E-state index is 13.2. The second-order valence-electron chi connectivity index (χ2n) is 5.88. The first-order valence-electron chi connectivity index (χ1n) is 7.67. The van der Waals surface area contributed by atoms with Crippen molar-refractivity contribution in [1.82, 2.24) is 10.2 Å².